The quantitative estimate of drug-likeness (QED) is 0.364. The molecule has 0 spiro atoms. The monoisotopic (exact) mass is 434 g/mol. The second kappa shape index (κ2) is 10.6. The molecule has 2 aromatic carbocycles. The maximum atomic E-state index is 15.2. The Morgan fingerprint density at radius 2 is 1.47 bits per heavy atom. The lowest BCUT2D eigenvalue weighted by Crippen LogP contribution is -2.30. The summed E-state index contributed by atoms with van der Waals surface area (Å²) in [5.74, 6) is 2.36. The lowest BCUT2D eigenvalue weighted by atomic mass is 9.63. The fourth-order valence-electron chi connectivity index (χ4n) is 6.11. The predicted molar refractivity (Wildman–Crippen MR) is 131 cm³/mol. The van der Waals surface area contributed by atoms with Crippen molar-refractivity contribution in [1.29, 1.82) is 0 Å². The zero-order chi connectivity index (χ0) is 22.5. The van der Waals surface area contributed by atoms with E-state index in [2.05, 4.69) is 13.2 Å². The van der Waals surface area contributed by atoms with Crippen LogP contribution < -0.4 is 0 Å². The van der Waals surface area contributed by atoms with E-state index in [-0.39, 0.29) is 11.6 Å². The average molecular weight is 435 g/mol. The first kappa shape index (κ1) is 23.0. The van der Waals surface area contributed by atoms with Crippen LogP contribution in [-0.2, 0) is 6.42 Å². The minimum atomic E-state index is -0.226. The van der Waals surface area contributed by atoms with Gasteiger partial charge in [0.15, 0.2) is 0 Å². The van der Waals surface area contributed by atoms with Gasteiger partial charge in [-0.15, -0.1) is 13.2 Å². The fraction of sp³-hybridized carbons (Fsp3) is 0.467. The van der Waals surface area contributed by atoms with Crippen LogP contribution in [0.3, 0.4) is 0 Å². The highest BCUT2D eigenvalue weighted by atomic mass is 19.1. The molecule has 2 aliphatic carbocycles. The van der Waals surface area contributed by atoms with Gasteiger partial charge in [0.2, 0.25) is 0 Å². The van der Waals surface area contributed by atoms with Gasteiger partial charge < -0.3 is 0 Å². The minimum absolute atomic E-state index is 0.137. The van der Waals surface area contributed by atoms with E-state index in [9.17, 15) is 4.39 Å². The summed E-state index contributed by atoms with van der Waals surface area (Å²) in [6.07, 6.45) is 15.0. The van der Waals surface area contributed by atoms with Crippen LogP contribution in [0.2, 0.25) is 0 Å². The molecule has 0 bridgehead atoms. The lowest BCUT2D eigenvalue weighted by Gasteiger charge is -2.42. The molecular weight excluding hydrogens is 398 g/mol. The summed E-state index contributed by atoms with van der Waals surface area (Å²) in [7, 11) is 0. The van der Waals surface area contributed by atoms with Crippen molar-refractivity contribution in [3.8, 4) is 11.1 Å². The molecule has 4 rings (SSSR count). The third-order valence-electron chi connectivity index (χ3n) is 7.95. The topological polar surface area (TPSA) is 0 Å². The van der Waals surface area contributed by atoms with Gasteiger partial charge in [0.05, 0.1) is 0 Å². The highest BCUT2D eigenvalue weighted by Gasteiger charge is 2.36. The highest BCUT2D eigenvalue weighted by Crippen LogP contribution is 2.48. The minimum Gasteiger partial charge on any atom is -0.207 e. The molecule has 2 aromatic rings. The fourth-order valence-corrected chi connectivity index (χ4v) is 6.11. The van der Waals surface area contributed by atoms with Gasteiger partial charge in [-0.25, -0.2) is 8.78 Å². The zero-order valence-corrected chi connectivity index (χ0v) is 19.2. The van der Waals surface area contributed by atoms with Crippen LogP contribution in [0, 0.1) is 29.4 Å². The van der Waals surface area contributed by atoms with E-state index in [1.165, 1.54) is 38.2 Å². The van der Waals surface area contributed by atoms with Crippen molar-refractivity contribution in [2.24, 2.45) is 17.8 Å². The number of allylic oxidation sites excluding steroid dienone is 2. The van der Waals surface area contributed by atoms with E-state index in [1.54, 1.807) is 12.1 Å². The maximum absolute atomic E-state index is 15.2. The van der Waals surface area contributed by atoms with Gasteiger partial charge in [-0.1, -0.05) is 42.8 Å². The van der Waals surface area contributed by atoms with Gasteiger partial charge in [0, 0.05) is 0 Å². The second-order valence-corrected chi connectivity index (χ2v) is 9.95. The first-order valence-corrected chi connectivity index (χ1v) is 12.4. The van der Waals surface area contributed by atoms with E-state index >= 15 is 4.39 Å². The first-order chi connectivity index (χ1) is 15.6. The molecule has 0 amide bonds. The summed E-state index contributed by atoms with van der Waals surface area (Å²) < 4.78 is 29.6. The van der Waals surface area contributed by atoms with Crippen LogP contribution in [0.25, 0.3) is 11.1 Å². The van der Waals surface area contributed by atoms with Crippen LogP contribution in [0.1, 0.15) is 74.8 Å². The maximum Gasteiger partial charge on any atom is 0.127 e. The molecule has 0 radical (unpaired) electrons. The van der Waals surface area contributed by atoms with Crippen LogP contribution in [0.15, 0.2) is 61.7 Å². The van der Waals surface area contributed by atoms with Crippen molar-refractivity contribution in [3.63, 3.8) is 0 Å². The van der Waals surface area contributed by atoms with Gasteiger partial charge in [0.25, 0.3) is 0 Å². The predicted octanol–water partition coefficient (Wildman–Crippen LogP) is 9.02. The van der Waals surface area contributed by atoms with Crippen molar-refractivity contribution >= 4 is 0 Å². The summed E-state index contributed by atoms with van der Waals surface area (Å²) in [6, 6.07) is 10.8. The Hall–Kier alpha value is -2.22. The van der Waals surface area contributed by atoms with Gasteiger partial charge in [-0.2, -0.15) is 0 Å². The number of fused-ring (bicyclic) bond motifs is 1. The van der Waals surface area contributed by atoms with Gasteiger partial charge in [-0.3, -0.25) is 0 Å². The van der Waals surface area contributed by atoms with Gasteiger partial charge in [0.1, 0.15) is 11.6 Å². The Labute approximate surface area is 192 Å². The zero-order valence-electron chi connectivity index (χ0n) is 19.2. The molecule has 2 fully saturated rings. The Morgan fingerprint density at radius 3 is 2.19 bits per heavy atom. The van der Waals surface area contributed by atoms with E-state index in [0.29, 0.717) is 17.9 Å². The summed E-state index contributed by atoms with van der Waals surface area (Å²) in [5.41, 5.74) is 3.01. The molecule has 0 aromatic heterocycles. The number of hydrogen-bond donors (Lipinski definition) is 0. The first-order valence-electron chi connectivity index (χ1n) is 12.4. The number of rotatable bonds is 8. The van der Waals surface area contributed by atoms with Crippen LogP contribution in [0.4, 0.5) is 8.78 Å². The Bertz CT molecular complexity index is 944. The van der Waals surface area contributed by atoms with Crippen molar-refractivity contribution in [3.05, 3.63) is 84.5 Å². The number of hydrogen-bond acceptors (Lipinski definition) is 0. The molecule has 170 valence electrons. The third kappa shape index (κ3) is 5.22. The molecule has 4 atom stereocenters. The SMILES string of the molecule is C=CCCc1ccc(-c2ccc(C3CCC4CC(CCC=C)CCC4C3)c(F)c2)cc1F. The summed E-state index contributed by atoms with van der Waals surface area (Å²) >= 11 is 0. The van der Waals surface area contributed by atoms with Gasteiger partial charge >= 0.3 is 0 Å². The van der Waals surface area contributed by atoms with Crippen LogP contribution >= 0.6 is 0 Å². The molecule has 0 heterocycles. The normalized spacial score (nSPS) is 25.2. The standard InChI is InChI=1S/C30H36F2/c1-3-5-7-21-9-10-24-18-27(14-13-23(24)17-21)28-16-15-26(20-30(28)32)25-12-11-22(8-6-4-2)29(31)19-25/h3-4,11-12,15-16,19-21,23-24,27H,1-2,5-10,13-14,17-18H2. The smallest absolute Gasteiger partial charge is 0.127 e. The van der Waals surface area contributed by atoms with Crippen molar-refractivity contribution in [1.82, 2.24) is 0 Å². The average Bonchev–Trinajstić information content (AvgIpc) is 2.81. The largest absolute Gasteiger partial charge is 0.207 e. The Balaban J connectivity index is 1.43. The summed E-state index contributed by atoms with van der Waals surface area (Å²) in [6.45, 7) is 7.56. The van der Waals surface area contributed by atoms with Crippen molar-refractivity contribution in [2.45, 2.75) is 70.1 Å². The highest BCUT2D eigenvalue weighted by molar-refractivity contribution is 5.64. The van der Waals surface area contributed by atoms with Crippen molar-refractivity contribution in [2.75, 3.05) is 0 Å². The second-order valence-electron chi connectivity index (χ2n) is 9.95. The molecule has 2 aliphatic rings. The molecule has 32 heavy (non-hydrogen) atoms. The van der Waals surface area contributed by atoms with E-state index in [4.69, 9.17) is 0 Å². The molecule has 4 unspecified atom stereocenters. The Morgan fingerprint density at radius 1 is 0.781 bits per heavy atom. The number of benzene rings is 2. The molecule has 0 saturated heterocycles. The van der Waals surface area contributed by atoms with Crippen LogP contribution in [-0.4, -0.2) is 0 Å². The van der Waals surface area contributed by atoms with E-state index in [0.717, 1.165) is 60.1 Å². The van der Waals surface area contributed by atoms with E-state index < -0.39 is 0 Å². The van der Waals surface area contributed by atoms with Crippen molar-refractivity contribution < 1.29 is 8.78 Å². The third-order valence-corrected chi connectivity index (χ3v) is 7.95. The van der Waals surface area contributed by atoms with E-state index in [1.807, 2.05) is 30.3 Å². The molecule has 2 heteroatoms. The molecule has 0 nitrogen and oxygen atoms in total. The Kier molecular flexibility index (Phi) is 7.60. The molecule has 0 N–H and O–H groups in total. The number of aryl methyl sites for hydroxylation is 1. The molecule has 2 saturated carbocycles. The summed E-state index contributed by atoms with van der Waals surface area (Å²) in [5, 5.41) is 0. The molecule has 0 aliphatic heterocycles. The molecular formula is C30H36F2. The van der Waals surface area contributed by atoms with Gasteiger partial charge in [-0.05, 0) is 116 Å². The number of halogens is 2. The summed E-state index contributed by atoms with van der Waals surface area (Å²) in [4.78, 5) is 0. The lowest BCUT2D eigenvalue weighted by molar-refractivity contribution is 0.114. The van der Waals surface area contributed by atoms with Crippen LogP contribution in [0.5, 0.6) is 0 Å².